The highest BCUT2D eigenvalue weighted by Crippen LogP contribution is 2.28. The van der Waals surface area contributed by atoms with Gasteiger partial charge >= 0.3 is 0 Å². The van der Waals surface area contributed by atoms with Crippen molar-refractivity contribution >= 4 is 57.2 Å². The van der Waals surface area contributed by atoms with Crippen LogP contribution in [0.15, 0.2) is 78.0 Å². The number of nitrogens with zero attached hydrogens (tertiary/aromatic N) is 6. The van der Waals surface area contributed by atoms with Crippen molar-refractivity contribution in [1.29, 1.82) is 0 Å². The number of thioether (sulfide) groups is 1. The highest BCUT2D eigenvalue weighted by atomic mass is 35.5. The van der Waals surface area contributed by atoms with E-state index in [0.717, 1.165) is 16.5 Å². The highest BCUT2D eigenvalue weighted by molar-refractivity contribution is 7.99. The molecule has 0 radical (unpaired) electrons. The van der Waals surface area contributed by atoms with Crippen molar-refractivity contribution in [2.75, 3.05) is 25.4 Å². The highest BCUT2D eigenvalue weighted by Gasteiger charge is 2.31. The van der Waals surface area contributed by atoms with Gasteiger partial charge in [0.15, 0.2) is 5.65 Å². The predicted octanol–water partition coefficient (Wildman–Crippen LogP) is 5.29. The van der Waals surface area contributed by atoms with Gasteiger partial charge in [-0.05, 0) is 42.8 Å². The minimum absolute atomic E-state index is 0.0440. The van der Waals surface area contributed by atoms with Gasteiger partial charge in [0.05, 0.1) is 16.8 Å². The minimum Gasteiger partial charge on any atom is -0.338 e. The molecule has 0 saturated carbocycles. The van der Waals surface area contributed by atoms with E-state index < -0.39 is 5.82 Å². The molecule has 1 aliphatic heterocycles. The summed E-state index contributed by atoms with van der Waals surface area (Å²) in [4.78, 5) is 34.2. The van der Waals surface area contributed by atoms with Crippen molar-refractivity contribution in [3.05, 3.63) is 94.8 Å². The fraction of sp³-hybridized carbons (Fsp3) is 0.233. The van der Waals surface area contributed by atoms with Crippen LogP contribution in [0.1, 0.15) is 22.8 Å². The van der Waals surface area contributed by atoms with Gasteiger partial charge in [-0.25, -0.2) is 9.37 Å². The van der Waals surface area contributed by atoms with E-state index in [1.54, 1.807) is 21.9 Å². The van der Waals surface area contributed by atoms with Gasteiger partial charge in [0.1, 0.15) is 11.3 Å². The molecule has 1 unspecified atom stereocenters. The summed E-state index contributed by atoms with van der Waals surface area (Å²) in [5.74, 6) is -0.854. The molecular formula is C30H26ClFN6O2S. The molecule has 0 spiro atoms. The van der Waals surface area contributed by atoms with Crippen LogP contribution in [0.5, 0.6) is 0 Å². The largest absolute Gasteiger partial charge is 0.338 e. The van der Waals surface area contributed by atoms with Gasteiger partial charge in [-0.2, -0.15) is 0 Å². The van der Waals surface area contributed by atoms with E-state index in [1.165, 1.54) is 23.9 Å². The Bertz CT molecular complexity index is 1780. The second-order valence-electron chi connectivity index (χ2n) is 9.96. The molecule has 5 aromatic rings. The van der Waals surface area contributed by atoms with Crippen molar-refractivity contribution in [2.45, 2.75) is 24.7 Å². The number of piperazine rings is 1. The summed E-state index contributed by atoms with van der Waals surface area (Å²) in [5.41, 5.74) is 3.44. The number of para-hydroxylation sites is 1. The number of rotatable bonds is 6. The first-order chi connectivity index (χ1) is 19.9. The Morgan fingerprint density at radius 3 is 2.63 bits per heavy atom. The molecule has 3 aromatic carbocycles. The van der Waals surface area contributed by atoms with Crippen LogP contribution in [0.3, 0.4) is 0 Å². The van der Waals surface area contributed by atoms with Gasteiger partial charge < -0.3 is 14.4 Å². The Morgan fingerprint density at radius 1 is 1.02 bits per heavy atom. The van der Waals surface area contributed by atoms with Crippen LogP contribution in [0.25, 0.3) is 22.1 Å². The Morgan fingerprint density at radius 2 is 1.83 bits per heavy atom. The zero-order valence-corrected chi connectivity index (χ0v) is 23.8. The smallest absolute Gasteiger partial charge is 0.257 e. The van der Waals surface area contributed by atoms with E-state index in [2.05, 4.69) is 14.8 Å². The quantitative estimate of drug-likeness (QED) is 0.251. The molecule has 0 bridgehead atoms. The maximum Gasteiger partial charge on any atom is 0.257 e. The SMILES string of the molecule is CC1CN(C(=O)CSc2nnc3c4ccccc4n(Cc4cccc(Cl)c4)c3n2)CCN1C(=O)c1ccccc1F. The zero-order valence-electron chi connectivity index (χ0n) is 22.2. The number of hydrogen-bond acceptors (Lipinski definition) is 6. The summed E-state index contributed by atoms with van der Waals surface area (Å²) < 4.78 is 16.2. The minimum atomic E-state index is -0.545. The Balaban J connectivity index is 1.16. The number of halogens is 2. The number of carbonyl (C=O) groups excluding carboxylic acids is 2. The summed E-state index contributed by atoms with van der Waals surface area (Å²) in [5, 5.41) is 10.8. The maximum absolute atomic E-state index is 14.2. The lowest BCUT2D eigenvalue weighted by Gasteiger charge is -2.40. The van der Waals surface area contributed by atoms with Crippen molar-refractivity contribution in [3.63, 3.8) is 0 Å². The van der Waals surface area contributed by atoms with Gasteiger partial charge in [-0.3, -0.25) is 9.59 Å². The van der Waals surface area contributed by atoms with Crippen molar-refractivity contribution in [1.82, 2.24) is 29.5 Å². The van der Waals surface area contributed by atoms with Gasteiger partial charge in [-0.1, -0.05) is 65.8 Å². The second kappa shape index (κ2) is 11.5. The fourth-order valence-corrected chi connectivity index (χ4v) is 6.12. The summed E-state index contributed by atoms with van der Waals surface area (Å²) in [7, 11) is 0. The van der Waals surface area contributed by atoms with Crippen molar-refractivity contribution in [2.24, 2.45) is 0 Å². The zero-order chi connectivity index (χ0) is 28.5. The number of amides is 2. The molecule has 2 amide bonds. The summed E-state index contributed by atoms with van der Waals surface area (Å²) >= 11 is 7.46. The molecule has 208 valence electrons. The van der Waals surface area contributed by atoms with Crippen LogP contribution in [-0.4, -0.2) is 72.8 Å². The molecule has 1 atom stereocenters. The Kier molecular flexibility index (Phi) is 7.59. The number of hydrogen-bond donors (Lipinski definition) is 0. The fourth-order valence-electron chi connectivity index (χ4n) is 5.22. The van der Waals surface area contributed by atoms with Crippen LogP contribution in [0, 0.1) is 5.82 Å². The molecule has 1 fully saturated rings. The second-order valence-corrected chi connectivity index (χ2v) is 11.3. The average molecular weight is 589 g/mol. The third-order valence-corrected chi connectivity index (χ3v) is 8.31. The third kappa shape index (κ3) is 5.49. The molecule has 0 aliphatic carbocycles. The molecule has 6 rings (SSSR count). The topological polar surface area (TPSA) is 84.2 Å². The van der Waals surface area contributed by atoms with Crippen molar-refractivity contribution in [3.8, 4) is 0 Å². The summed E-state index contributed by atoms with van der Waals surface area (Å²) in [6.07, 6.45) is 0. The monoisotopic (exact) mass is 588 g/mol. The van der Waals surface area contributed by atoms with Crippen LogP contribution >= 0.6 is 23.4 Å². The lowest BCUT2D eigenvalue weighted by Crippen LogP contribution is -2.55. The number of aromatic nitrogens is 4. The Hall–Kier alpha value is -4.02. The lowest BCUT2D eigenvalue weighted by atomic mass is 10.1. The summed E-state index contributed by atoms with van der Waals surface area (Å²) in [6, 6.07) is 21.4. The molecule has 41 heavy (non-hydrogen) atoms. The molecule has 3 heterocycles. The molecule has 2 aromatic heterocycles. The molecule has 8 nitrogen and oxygen atoms in total. The summed E-state index contributed by atoms with van der Waals surface area (Å²) in [6.45, 7) is 3.49. The average Bonchev–Trinajstić information content (AvgIpc) is 3.28. The normalized spacial score (nSPS) is 15.5. The first kappa shape index (κ1) is 27.2. The van der Waals surface area contributed by atoms with Crippen molar-refractivity contribution < 1.29 is 14.0 Å². The third-order valence-electron chi connectivity index (χ3n) is 7.25. The standard InChI is InChI=1S/C30H26ClFN6O2S/c1-19-16-36(13-14-37(19)29(40)22-9-2-4-11-24(22)32)26(39)18-41-30-33-28-27(34-35-30)23-10-3-5-12-25(23)38(28)17-20-7-6-8-21(31)15-20/h2-12,15,19H,13-14,16-18H2,1H3. The van der Waals surface area contributed by atoms with Gasteiger partial charge in [-0.15, -0.1) is 10.2 Å². The number of carbonyl (C=O) groups is 2. The van der Waals surface area contributed by atoms with Crippen LogP contribution in [0.4, 0.5) is 4.39 Å². The molecular weight excluding hydrogens is 563 g/mol. The van der Waals surface area contributed by atoms with Crippen LogP contribution in [-0.2, 0) is 11.3 Å². The first-order valence-electron chi connectivity index (χ1n) is 13.2. The molecule has 0 N–H and O–H groups in total. The van der Waals surface area contributed by atoms with Gasteiger partial charge in [0, 0.05) is 42.6 Å². The van der Waals surface area contributed by atoms with E-state index in [9.17, 15) is 14.0 Å². The van der Waals surface area contributed by atoms with Gasteiger partial charge in [0.2, 0.25) is 11.1 Å². The van der Waals surface area contributed by atoms with E-state index in [1.807, 2.05) is 55.5 Å². The first-order valence-corrected chi connectivity index (χ1v) is 14.6. The van der Waals surface area contributed by atoms with E-state index in [0.29, 0.717) is 47.5 Å². The molecule has 1 aliphatic rings. The van der Waals surface area contributed by atoms with E-state index in [-0.39, 0.29) is 29.2 Å². The Labute approximate surface area is 245 Å². The van der Waals surface area contributed by atoms with E-state index in [4.69, 9.17) is 16.6 Å². The number of benzene rings is 3. The van der Waals surface area contributed by atoms with Crippen LogP contribution < -0.4 is 0 Å². The van der Waals surface area contributed by atoms with Crippen LogP contribution in [0.2, 0.25) is 5.02 Å². The molecule has 1 saturated heterocycles. The van der Waals surface area contributed by atoms with E-state index >= 15 is 0 Å². The number of fused-ring (bicyclic) bond motifs is 3. The van der Waals surface area contributed by atoms with Gasteiger partial charge in [0.25, 0.3) is 5.91 Å². The maximum atomic E-state index is 14.2. The lowest BCUT2D eigenvalue weighted by molar-refractivity contribution is -0.130. The predicted molar refractivity (Wildman–Crippen MR) is 158 cm³/mol. The molecule has 11 heteroatoms.